The molecule has 0 amide bonds. The lowest BCUT2D eigenvalue weighted by atomic mass is 9.99. The molecule has 0 aliphatic heterocycles. The molecule has 0 unspecified atom stereocenters. The quantitative estimate of drug-likeness (QED) is 0.582. The normalized spacial score (nSPS) is 13.5. The summed E-state index contributed by atoms with van der Waals surface area (Å²) in [5.74, 6) is -3.79. The largest absolute Gasteiger partial charge is 0.488 e. The van der Waals surface area contributed by atoms with Crippen molar-refractivity contribution in [1.29, 1.82) is 0 Å². The van der Waals surface area contributed by atoms with E-state index in [1.54, 1.807) is 12.1 Å². The Morgan fingerprint density at radius 1 is 1.03 bits per heavy atom. The molecule has 31 heavy (non-hydrogen) atoms. The molecule has 2 aromatic carbocycles. The lowest BCUT2D eigenvalue weighted by Gasteiger charge is -2.15. The highest BCUT2D eigenvalue weighted by atomic mass is 19.1. The van der Waals surface area contributed by atoms with Crippen molar-refractivity contribution in [3.05, 3.63) is 88.8 Å². The Morgan fingerprint density at radius 2 is 1.74 bits per heavy atom. The van der Waals surface area contributed by atoms with Crippen molar-refractivity contribution in [3.8, 4) is 5.75 Å². The van der Waals surface area contributed by atoms with Gasteiger partial charge in [-0.1, -0.05) is 18.2 Å². The molecular weight excluding hydrogens is 409 g/mol. The van der Waals surface area contributed by atoms with E-state index in [1.807, 2.05) is 12.1 Å². The molecule has 8 heteroatoms. The van der Waals surface area contributed by atoms with Crippen molar-refractivity contribution in [2.75, 3.05) is 0 Å². The van der Waals surface area contributed by atoms with Crippen LogP contribution < -0.4 is 4.74 Å². The van der Waals surface area contributed by atoms with Gasteiger partial charge in [-0.05, 0) is 36.5 Å². The van der Waals surface area contributed by atoms with Crippen LogP contribution >= 0.6 is 0 Å². The SMILES string of the molecule is O=C(O)c1cncc(C2=C(c3ccccc3OCc3c(F)cc(F)cc3F)CCC2)n1. The summed E-state index contributed by atoms with van der Waals surface area (Å²) in [5.41, 5.74) is 2.44. The average Bonchev–Trinajstić information content (AvgIpc) is 3.23. The monoisotopic (exact) mass is 426 g/mol. The van der Waals surface area contributed by atoms with E-state index in [2.05, 4.69) is 9.97 Å². The van der Waals surface area contributed by atoms with Gasteiger partial charge in [0.15, 0.2) is 5.69 Å². The number of benzene rings is 2. The van der Waals surface area contributed by atoms with Crippen molar-refractivity contribution in [3.63, 3.8) is 0 Å². The van der Waals surface area contributed by atoms with Crippen molar-refractivity contribution < 1.29 is 27.8 Å². The molecule has 1 aliphatic rings. The average molecular weight is 426 g/mol. The Morgan fingerprint density at radius 3 is 2.48 bits per heavy atom. The molecular formula is C23H17F3N2O3. The van der Waals surface area contributed by atoms with Gasteiger partial charge < -0.3 is 9.84 Å². The number of ether oxygens (including phenoxy) is 1. The molecule has 0 bridgehead atoms. The summed E-state index contributed by atoms with van der Waals surface area (Å²) in [6, 6.07) is 8.26. The first-order chi connectivity index (χ1) is 14.9. The number of rotatable bonds is 6. The molecule has 0 fully saturated rings. The van der Waals surface area contributed by atoms with Crippen LogP contribution in [0.5, 0.6) is 5.75 Å². The maximum absolute atomic E-state index is 14.0. The van der Waals surface area contributed by atoms with Crippen molar-refractivity contribution in [2.45, 2.75) is 25.9 Å². The Balaban J connectivity index is 1.69. The summed E-state index contributed by atoms with van der Waals surface area (Å²) in [7, 11) is 0. The first-order valence-corrected chi connectivity index (χ1v) is 9.57. The van der Waals surface area contributed by atoms with E-state index in [0.29, 0.717) is 36.4 Å². The van der Waals surface area contributed by atoms with Crippen LogP contribution in [0.25, 0.3) is 11.1 Å². The molecule has 5 nitrogen and oxygen atoms in total. The summed E-state index contributed by atoms with van der Waals surface area (Å²) < 4.78 is 46.8. The van der Waals surface area contributed by atoms with Gasteiger partial charge in [-0.15, -0.1) is 0 Å². The summed E-state index contributed by atoms with van der Waals surface area (Å²) >= 11 is 0. The number of para-hydroxylation sites is 1. The second-order valence-corrected chi connectivity index (χ2v) is 7.04. The molecule has 0 spiro atoms. The van der Waals surface area contributed by atoms with E-state index in [-0.39, 0.29) is 11.3 Å². The van der Waals surface area contributed by atoms with Crippen molar-refractivity contribution in [1.82, 2.24) is 9.97 Å². The third-order valence-corrected chi connectivity index (χ3v) is 5.07. The fraction of sp³-hybridized carbons (Fsp3) is 0.174. The zero-order valence-corrected chi connectivity index (χ0v) is 16.2. The number of hydrogen-bond acceptors (Lipinski definition) is 4. The molecule has 0 saturated carbocycles. The van der Waals surface area contributed by atoms with E-state index in [0.717, 1.165) is 23.1 Å². The van der Waals surface area contributed by atoms with Crippen LogP contribution in [0.3, 0.4) is 0 Å². The minimum absolute atomic E-state index is 0.150. The second-order valence-electron chi connectivity index (χ2n) is 7.04. The van der Waals surface area contributed by atoms with Crippen molar-refractivity contribution >= 4 is 17.1 Å². The zero-order chi connectivity index (χ0) is 22.0. The minimum Gasteiger partial charge on any atom is -0.488 e. The van der Waals surface area contributed by atoms with Crippen LogP contribution in [0.4, 0.5) is 13.2 Å². The Kier molecular flexibility index (Phi) is 5.70. The molecule has 0 radical (unpaired) electrons. The summed E-state index contributed by atoms with van der Waals surface area (Å²) in [4.78, 5) is 19.4. The third kappa shape index (κ3) is 4.28. The van der Waals surface area contributed by atoms with Gasteiger partial charge in [-0.25, -0.2) is 22.9 Å². The molecule has 3 aromatic rings. The predicted molar refractivity (Wildman–Crippen MR) is 107 cm³/mol. The van der Waals surface area contributed by atoms with Crippen LogP contribution in [-0.2, 0) is 6.61 Å². The zero-order valence-electron chi connectivity index (χ0n) is 16.2. The van der Waals surface area contributed by atoms with E-state index in [9.17, 15) is 23.1 Å². The lowest BCUT2D eigenvalue weighted by Crippen LogP contribution is -2.05. The molecule has 1 heterocycles. The van der Waals surface area contributed by atoms with Gasteiger partial charge in [0.25, 0.3) is 0 Å². The van der Waals surface area contributed by atoms with Crippen LogP contribution in [-0.4, -0.2) is 21.0 Å². The maximum atomic E-state index is 14.0. The Labute approximate surface area is 175 Å². The van der Waals surface area contributed by atoms with E-state index in [4.69, 9.17) is 4.74 Å². The van der Waals surface area contributed by atoms with Gasteiger partial charge in [-0.2, -0.15) is 0 Å². The second kappa shape index (κ2) is 8.59. The Hall–Kier alpha value is -3.68. The number of aromatic nitrogens is 2. The summed E-state index contributed by atoms with van der Waals surface area (Å²) in [5, 5.41) is 9.20. The van der Waals surface area contributed by atoms with Crippen LogP contribution in [0.2, 0.25) is 0 Å². The highest BCUT2D eigenvalue weighted by Gasteiger charge is 2.23. The maximum Gasteiger partial charge on any atom is 0.356 e. The van der Waals surface area contributed by atoms with Crippen LogP contribution in [0.15, 0.2) is 48.8 Å². The molecule has 158 valence electrons. The fourth-order valence-corrected chi connectivity index (χ4v) is 3.64. The van der Waals surface area contributed by atoms with Crippen molar-refractivity contribution in [2.24, 2.45) is 0 Å². The van der Waals surface area contributed by atoms with Gasteiger partial charge in [0.05, 0.1) is 23.7 Å². The molecule has 1 aromatic heterocycles. The number of aromatic carboxylic acids is 1. The van der Waals surface area contributed by atoms with Gasteiger partial charge in [0, 0.05) is 17.7 Å². The van der Waals surface area contributed by atoms with Gasteiger partial charge in [-0.3, -0.25) is 4.98 Å². The van der Waals surface area contributed by atoms with Gasteiger partial charge in [0.1, 0.15) is 29.8 Å². The molecule has 1 N–H and O–H groups in total. The first-order valence-electron chi connectivity index (χ1n) is 9.57. The third-order valence-electron chi connectivity index (χ3n) is 5.07. The number of carboxylic acids is 1. The van der Waals surface area contributed by atoms with E-state index < -0.39 is 30.0 Å². The lowest BCUT2D eigenvalue weighted by molar-refractivity contribution is 0.0690. The molecule has 1 aliphatic carbocycles. The van der Waals surface area contributed by atoms with Gasteiger partial charge in [0.2, 0.25) is 0 Å². The highest BCUT2D eigenvalue weighted by molar-refractivity contribution is 5.94. The molecule has 0 saturated heterocycles. The molecule has 4 rings (SSSR count). The number of allylic oxidation sites excluding steroid dienone is 2. The Bertz CT molecular complexity index is 1170. The highest BCUT2D eigenvalue weighted by Crippen LogP contribution is 2.42. The number of hydrogen-bond donors (Lipinski definition) is 1. The minimum atomic E-state index is -1.17. The number of carbonyl (C=O) groups is 1. The predicted octanol–water partition coefficient (Wildman–Crippen LogP) is 5.27. The standard InChI is InChI=1S/C23H17F3N2O3/c24-13-8-18(25)17(19(26)9-13)12-31-22-7-2-1-4-16(22)14-5-3-6-15(14)20-10-27-11-21(28-20)23(29)30/h1-2,4,7-11H,3,5-6,12H2,(H,29,30). The smallest absolute Gasteiger partial charge is 0.356 e. The van der Waals surface area contributed by atoms with Crippen LogP contribution in [0.1, 0.15) is 46.6 Å². The number of carboxylic acid groups (broad SMARTS) is 1. The number of nitrogens with zero attached hydrogens (tertiary/aromatic N) is 2. The fourth-order valence-electron chi connectivity index (χ4n) is 3.64. The van der Waals surface area contributed by atoms with Gasteiger partial charge >= 0.3 is 5.97 Å². The first kappa shape index (κ1) is 20.6. The van der Waals surface area contributed by atoms with E-state index in [1.165, 1.54) is 12.4 Å². The summed E-state index contributed by atoms with van der Waals surface area (Å²) in [6.07, 6.45) is 4.92. The number of halogens is 3. The summed E-state index contributed by atoms with van der Waals surface area (Å²) in [6.45, 7) is -0.411. The topological polar surface area (TPSA) is 72.3 Å². The van der Waals surface area contributed by atoms with Crippen LogP contribution in [0, 0.1) is 17.5 Å². The molecule has 0 atom stereocenters. The van der Waals surface area contributed by atoms with E-state index >= 15 is 0 Å².